The summed E-state index contributed by atoms with van der Waals surface area (Å²) in [6.45, 7) is 6.30. The molecule has 0 aliphatic rings. The van der Waals surface area contributed by atoms with E-state index < -0.39 is 0 Å². The molecule has 0 saturated heterocycles. The summed E-state index contributed by atoms with van der Waals surface area (Å²) in [4.78, 5) is 12.5. The largest absolute Gasteiger partial charge is 0.471 e. The maximum atomic E-state index is 12.5. The van der Waals surface area contributed by atoms with Crippen molar-refractivity contribution in [1.29, 1.82) is 0 Å². The third kappa shape index (κ3) is 4.30. The molecular formula is C21H23N3O2. The van der Waals surface area contributed by atoms with Crippen LogP contribution in [-0.4, -0.2) is 15.7 Å². The zero-order valence-electron chi connectivity index (χ0n) is 15.3. The minimum atomic E-state index is -0.137. The van der Waals surface area contributed by atoms with Crippen molar-refractivity contribution in [2.75, 3.05) is 5.32 Å². The molecule has 0 aliphatic carbocycles. The van der Waals surface area contributed by atoms with Gasteiger partial charge in [0.05, 0.1) is 18.1 Å². The lowest BCUT2D eigenvalue weighted by Gasteiger charge is -2.07. The Kier molecular flexibility index (Phi) is 5.37. The van der Waals surface area contributed by atoms with Crippen LogP contribution in [0.3, 0.4) is 0 Å². The topological polar surface area (TPSA) is 56.1 Å². The van der Waals surface area contributed by atoms with E-state index in [1.807, 2.05) is 56.3 Å². The Balaban J connectivity index is 1.60. The highest BCUT2D eigenvalue weighted by atomic mass is 16.5. The Morgan fingerprint density at radius 2 is 1.92 bits per heavy atom. The quantitative estimate of drug-likeness (QED) is 0.720. The highest BCUT2D eigenvalue weighted by molar-refractivity contribution is 6.05. The molecule has 0 radical (unpaired) electrons. The molecule has 1 aromatic heterocycles. The van der Waals surface area contributed by atoms with Crippen molar-refractivity contribution in [1.82, 2.24) is 9.78 Å². The molecule has 1 N–H and O–H groups in total. The number of hydrogen-bond donors (Lipinski definition) is 1. The zero-order valence-corrected chi connectivity index (χ0v) is 15.3. The molecule has 1 amide bonds. The van der Waals surface area contributed by atoms with Crippen LogP contribution >= 0.6 is 0 Å². The number of carbonyl (C=O) groups excluding carboxylic acids is 1. The minimum Gasteiger partial charge on any atom is -0.471 e. The molecule has 26 heavy (non-hydrogen) atoms. The average Bonchev–Trinajstić information content (AvgIpc) is 3.09. The molecule has 5 nitrogen and oxygen atoms in total. The number of aromatic nitrogens is 2. The predicted molar refractivity (Wildman–Crippen MR) is 103 cm³/mol. The van der Waals surface area contributed by atoms with Crippen LogP contribution in [0.1, 0.15) is 34.0 Å². The fourth-order valence-electron chi connectivity index (χ4n) is 2.64. The van der Waals surface area contributed by atoms with Crippen molar-refractivity contribution in [3.8, 4) is 5.75 Å². The molecule has 2 aromatic carbocycles. The number of benzene rings is 2. The van der Waals surface area contributed by atoms with Crippen LogP contribution in [0, 0.1) is 13.8 Å². The number of aryl methyl sites for hydroxylation is 3. The summed E-state index contributed by atoms with van der Waals surface area (Å²) in [5.41, 5.74) is 4.58. The van der Waals surface area contributed by atoms with Crippen LogP contribution in [0.5, 0.6) is 5.75 Å². The number of amides is 1. The van der Waals surface area contributed by atoms with Crippen LogP contribution in [-0.2, 0) is 13.2 Å². The van der Waals surface area contributed by atoms with Gasteiger partial charge in [-0.05, 0) is 49.6 Å². The second-order valence-electron chi connectivity index (χ2n) is 6.31. The van der Waals surface area contributed by atoms with Crippen LogP contribution in [0.15, 0.2) is 54.9 Å². The molecule has 0 unspecified atom stereocenters. The average molecular weight is 349 g/mol. The van der Waals surface area contributed by atoms with E-state index >= 15 is 0 Å². The lowest BCUT2D eigenvalue weighted by atomic mass is 10.1. The number of nitrogens with zero attached hydrogens (tertiary/aromatic N) is 2. The summed E-state index contributed by atoms with van der Waals surface area (Å²) < 4.78 is 7.36. The van der Waals surface area contributed by atoms with Crippen molar-refractivity contribution >= 4 is 11.6 Å². The summed E-state index contributed by atoms with van der Waals surface area (Å²) in [6, 6.07) is 13.8. The Labute approximate surface area is 153 Å². The van der Waals surface area contributed by atoms with Crippen molar-refractivity contribution < 1.29 is 9.53 Å². The van der Waals surface area contributed by atoms with Crippen LogP contribution < -0.4 is 10.1 Å². The Morgan fingerprint density at radius 3 is 2.65 bits per heavy atom. The molecule has 1 heterocycles. The van der Waals surface area contributed by atoms with Crippen molar-refractivity contribution in [3.63, 3.8) is 0 Å². The van der Waals surface area contributed by atoms with E-state index in [1.165, 1.54) is 5.56 Å². The van der Waals surface area contributed by atoms with E-state index in [9.17, 15) is 4.79 Å². The van der Waals surface area contributed by atoms with E-state index in [0.29, 0.717) is 11.3 Å². The predicted octanol–water partition coefficient (Wildman–Crippen LogP) is 4.35. The Hall–Kier alpha value is -3.08. The van der Waals surface area contributed by atoms with Gasteiger partial charge in [-0.2, -0.15) is 5.10 Å². The summed E-state index contributed by atoms with van der Waals surface area (Å²) in [6.07, 6.45) is 4.37. The number of ether oxygens (including phenoxy) is 1. The molecule has 0 spiro atoms. The van der Waals surface area contributed by atoms with Gasteiger partial charge in [0.15, 0.2) is 6.73 Å². The number of hydrogen-bond acceptors (Lipinski definition) is 3. The van der Waals surface area contributed by atoms with Crippen LogP contribution in [0.25, 0.3) is 0 Å². The lowest BCUT2D eigenvalue weighted by molar-refractivity contribution is 0.102. The molecular weight excluding hydrogens is 326 g/mol. The van der Waals surface area contributed by atoms with Gasteiger partial charge in [0, 0.05) is 5.56 Å². The molecule has 3 rings (SSSR count). The Bertz CT molecular complexity index is 898. The lowest BCUT2D eigenvalue weighted by Crippen LogP contribution is -2.13. The van der Waals surface area contributed by atoms with Gasteiger partial charge in [0.1, 0.15) is 5.75 Å². The van der Waals surface area contributed by atoms with Crippen molar-refractivity contribution in [2.45, 2.75) is 33.9 Å². The molecule has 3 aromatic rings. The first-order chi connectivity index (χ1) is 12.5. The number of nitrogens with one attached hydrogen (secondary N) is 1. The van der Waals surface area contributed by atoms with Gasteiger partial charge < -0.3 is 10.1 Å². The van der Waals surface area contributed by atoms with Gasteiger partial charge in [0.2, 0.25) is 0 Å². The third-order valence-electron chi connectivity index (χ3n) is 4.22. The fourth-order valence-corrected chi connectivity index (χ4v) is 2.64. The molecule has 0 atom stereocenters. The van der Waals surface area contributed by atoms with Gasteiger partial charge in [0.25, 0.3) is 5.91 Å². The van der Waals surface area contributed by atoms with Crippen molar-refractivity contribution in [2.24, 2.45) is 0 Å². The molecule has 0 saturated carbocycles. The molecule has 0 aliphatic heterocycles. The zero-order chi connectivity index (χ0) is 18.5. The molecule has 0 bridgehead atoms. The molecule has 134 valence electrons. The van der Waals surface area contributed by atoms with Gasteiger partial charge in [-0.3, -0.25) is 4.79 Å². The number of anilines is 1. The second-order valence-corrected chi connectivity index (χ2v) is 6.31. The highest BCUT2D eigenvalue weighted by Crippen LogP contribution is 2.15. The highest BCUT2D eigenvalue weighted by Gasteiger charge is 2.10. The standard InChI is InChI=1S/C21H23N3O2/c1-4-17-7-9-19(10-8-17)26-14-24-13-18(12-22-24)23-21(25)20-11-15(2)5-6-16(20)3/h5-13H,4,14H2,1-3H3,(H,23,25). The summed E-state index contributed by atoms with van der Waals surface area (Å²) in [5.74, 6) is 0.653. The first kappa shape index (κ1) is 17.7. The number of rotatable bonds is 6. The maximum absolute atomic E-state index is 12.5. The van der Waals surface area contributed by atoms with E-state index in [2.05, 4.69) is 17.3 Å². The van der Waals surface area contributed by atoms with Gasteiger partial charge in [-0.15, -0.1) is 0 Å². The summed E-state index contributed by atoms with van der Waals surface area (Å²) in [7, 11) is 0. The van der Waals surface area contributed by atoms with Gasteiger partial charge >= 0.3 is 0 Å². The van der Waals surface area contributed by atoms with E-state index in [0.717, 1.165) is 23.3 Å². The fraction of sp³-hybridized carbons (Fsp3) is 0.238. The number of carbonyl (C=O) groups is 1. The van der Waals surface area contributed by atoms with E-state index in [4.69, 9.17) is 4.74 Å². The SMILES string of the molecule is CCc1ccc(OCn2cc(NC(=O)c3cc(C)ccc3C)cn2)cc1. The van der Waals surface area contributed by atoms with Gasteiger partial charge in [-0.25, -0.2) is 4.68 Å². The summed E-state index contributed by atoms with van der Waals surface area (Å²) in [5, 5.41) is 7.11. The monoisotopic (exact) mass is 349 g/mol. The van der Waals surface area contributed by atoms with Crippen LogP contribution in [0.2, 0.25) is 0 Å². The van der Waals surface area contributed by atoms with E-state index in [1.54, 1.807) is 17.1 Å². The first-order valence-electron chi connectivity index (χ1n) is 8.68. The minimum absolute atomic E-state index is 0.137. The van der Waals surface area contributed by atoms with Crippen LogP contribution in [0.4, 0.5) is 5.69 Å². The van der Waals surface area contributed by atoms with Crippen molar-refractivity contribution in [3.05, 3.63) is 77.1 Å². The molecule has 0 fully saturated rings. The Morgan fingerprint density at radius 1 is 1.15 bits per heavy atom. The van der Waals surface area contributed by atoms with Gasteiger partial charge in [-0.1, -0.05) is 36.8 Å². The molecule has 5 heteroatoms. The summed E-state index contributed by atoms with van der Waals surface area (Å²) >= 11 is 0. The smallest absolute Gasteiger partial charge is 0.256 e. The second kappa shape index (κ2) is 7.87. The normalized spacial score (nSPS) is 10.6. The van der Waals surface area contributed by atoms with E-state index in [-0.39, 0.29) is 12.6 Å². The maximum Gasteiger partial charge on any atom is 0.256 e. The third-order valence-corrected chi connectivity index (χ3v) is 4.22. The first-order valence-corrected chi connectivity index (χ1v) is 8.68.